The van der Waals surface area contributed by atoms with E-state index in [0.29, 0.717) is 6.61 Å². The van der Waals surface area contributed by atoms with Gasteiger partial charge in [-0.15, -0.1) is 0 Å². The minimum absolute atomic E-state index is 0.178. The van der Waals surface area contributed by atoms with Crippen LogP contribution in [0.15, 0.2) is 29.2 Å². The molecule has 0 aliphatic heterocycles. The number of rotatable bonds is 20. The second kappa shape index (κ2) is 21.2. The van der Waals surface area contributed by atoms with Gasteiger partial charge in [-0.25, -0.2) is 8.42 Å². The number of unbranched alkanes of at least 4 members (excludes halogenated alkanes) is 10. The first kappa shape index (κ1) is 34.0. The van der Waals surface area contributed by atoms with E-state index in [9.17, 15) is 18.1 Å². The van der Waals surface area contributed by atoms with Crippen LogP contribution < -0.4 is 0 Å². The molecule has 0 aromatic heterocycles. The molecule has 5 nitrogen and oxygen atoms in total. The second-order valence-corrected chi connectivity index (χ2v) is 11.5. The first-order chi connectivity index (χ1) is 16.7. The maximum Gasteiger partial charge on any atom is 0.124 e. The van der Waals surface area contributed by atoms with Crippen LogP contribution in [-0.4, -0.2) is 55.3 Å². The highest BCUT2D eigenvalue weighted by molar-refractivity contribution is 7.85. The van der Waals surface area contributed by atoms with Gasteiger partial charge in [0, 0.05) is 6.61 Å². The van der Waals surface area contributed by atoms with Crippen molar-refractivity contribution in [3.63, 3.8) is 0 Å². The predicted octanol–water partition coefficient (Wildman–Crippen LogP) is 7.22. The van der Waals surface area contributed by atoms with Crippen LogP contribution in [0.25, 0.3) is 0 Å². The zero-order valence-corrected chi connectivity index (χ0v) is 24.1. The molecule has 0 unspecified atom stereocenters. The molecule has 0 saturated carbocycles. The van der Waals surface area contributed by atoms with Gasteiger partial charge < -0.3 is 14.1 Å². The number of aliphatic hydroxyl groups is 1. The summed E-state index contributed by atoms with van der Waals surface area (Å²) in [6.45, 7) is 14.5. The Bertz CT molecular complexity index is 673. The van der Waals surface area contributed by atoms with Crippen molar-refractivity contribution in [1.29, 1.82) is 0 Å². The van der Waals surface area contributed by atoms with Crippen LogP contribution in [0, 0.1) is 6.92 Å². The Hall–Kier alpha value is -0.950. The smallest absolute Gasteiger partial charge is 0.124 e. The molecule has 0 aliphatic carbocycles. The van der Waals surface area contributed by atoms with Crippen molar-refractivity contribution >= 4 is 10.1 Å². The second-order valence-electron chi connectivity index (χ2n) is 10.1. The fourth-order valence-corrected chi connectivity index (χ4v) is 5.03. The molecule has 0 atom stereocenters. The molecular weight excluding hydrogens is 458 g/mol. The topological polar surface area (TPSA) is 77.4 Å². The summed E-state index contributed by atoms with van der Waals surface area (Å²) in [5.41, 5.74) is 0.928. The van der Waals surface area contributed by atoms with Crippen molar-refractivity contribution < 1.29 is 22.6 Å². The average Bonchev–Trinajstić information content (AvgIpc) is 2.83. The molecule has 1 aromatic rings. The monoisotopic (exact) mass is 513 g/mol. The standard InChI is InChI=1S/C22H48NO.C7H8O3S/c1-4-7-10-13-18-23(21-16-17-22-24,19-14-11-8-5-2)20-15-12-9-6-3;1-6-2-4-7(5-3-6)11(8,9)10/h24H,4-22H2,1-3H3;2-5H,1H3,(H,8,9,10)/q+1;/p-1. The van der Waals surface area contributed by atoms with E-state index in [-0.39, 0.29) is 4.90 Å². The largest absolute Gasteiger partial charge is 0.744 e. The van der Waals surface area contributed by atoms with Crippen LogP contribution in [0.2, 0.25) is 0 Å². The third-order valence-corrected chi connectivity index (χ3v) is 7.66. The van der Waals surface area contributed by atoms with Crippen molar-refractivity contribution in [3.8, 4) is 0 Å². The minimum Gasteiger partial charge on any atom is -0.744 e. The van der Waals surface area contributed by atoms with E-state index in [1.807, 2.05) is 6.92 Å². The van der Waals surface area contributed by atoms with Crippen molar-refractivity contribution in [2.75, 3.05) is 32.8 Å². The van der Waals surface area contributed by atoms with E-state index in [2.05, 4.69) is 20.8 Å². The predicted molar refractivity (Wildman–Crippen MR) is 148 cm³/mol. The minimum atomic E-state index is -4.27. The van der Waals surface area contributed by atoms with Crippen molar-refractivity contribution in [2.24, 2.45) is 0 Å². The first-order valence-corrected chi connectivity index (χ1v) is 15.6. The maximum absolute atomic E-state index is 10.4. The highest BCUT2D eigenvalue weighted by atomic mass is 32.2. The van der Waals surface area contributed by atoms with Crippen LogP contribution in [0.3, 0.4) is 0 Å². The Kier molecular flexibility index (Phi) is 20.6. The van der Waals surface area contributed by atoms with E-state index in [1.165, 1.54) is 126 Å². The number of quaternary nitrogens is 1. The van der Waals surface area contributed by atoms with Gasteiger partial charge in [0.1, 0.15) is 10.1 Å². The summed E-state index contributed by atoms with van der Waals surface area (Å²) in [4.78, 5) is -0.178. The summed E-state index contributed by atoms with van der Waals surface area (Å²) in [7, 11) is -4.27. The highest BCUT2D eigenvalue weighted by Crippen LogP contribution is 2.19. The molecule has 6 heteroatoms. The number of hydrogen-bond acceptors (Lipinski definition) is 4. The molecule has 0 fully saturated rings. The van der Waals surface area contributed by atoms with Crippen LogP contribution in [0.1, 0.15) is 116 Å². The van der Waals surface area contributed by atoms with E-state index in [0.717, 1.165) is 12.0 Å². The Morgan fingerprint density at radius 2 is 1.03 bits per heavy atom. The molecule has 1 N–H and O–H groups in total. The molecule has 0 aliphatic rings. The number of nitrogens with zero attached hydrogens (tertiary/aromatic N) is 1. The Morgan fingerprint density at radius 1 is 0.657 bits per heavy atom. The Balaban J connectivity index is 0.000000867. The average molecular weight is 514 g/mol. The molecule has 0 heterocycles. The molecule has 0 radical (unpaired) electrons. The summed E-state index contributed by atoms with van der Waals surface area (Å²) in [5, 5.41) is 9.19. The molecule has 1 rings (SSSR count). The zero-order valence-electron chi connectivity index (χ0n) is 23.3. The molecule has 1 aromatic carbocycles. The third kappa shape index (κ3) is 18.0. The lowest BCUT2D eigenvalue weighted by Gasteiger charge is -2.39. The summed E-state index contributed by atoms with van der Waals surface area (Å²) in [6.07, 6.45) is 18.8. The van der Waals surface area contributed by atoms with E-state index in [4.69, 9.17) is 0 Å². The lowest BCUT2D eigenvalue weighted by atomic mass is 10.1. The number of benzene rings is 1. The van der Waals surface area contributed by atoms with Gasteiger partial charge in [0.05, 0.1) is 31.1 Å². The number of aryl methyl sites for hydroxylation is 1. The van der Waals surface area contributed by atoms with E-state index >= 15 is 0 Å². The lowest BCUT2D eigenvalue weighted by Crippen LogP contribution is -2.50. The Morgan fingerprint density at radius 3 is 1.34 bits per heavy atom. The van der Waals surface area contributed by atoms with E-state index in [1.54, 1.807) is 12.1 Å². The molecule has 206 valence electrons. The van der Waals surface area contributed by atoms with E-state index < -0.39 is 10.1 Å². The van der Waals surface area contributed by atoms with Crippen LogP contribution >= 0.6 is 0 Å². The van der Waals surface area contributed by atoms with Crippen molar-refractivity contribution in [2.45, 2.75) is 122 Å². The van der Waals surface area contributed by atoms with Gasteiger partial charge in [-0.2, -0.15) is 0 Å². The highest BCUT2D eigenvalue weighted by Gasteiger charge is 2.25. The molecule has 0 bridgehead atoms. The zero-order chi connectivity index (χ0) is 26.4. The maximum atomic E-state index is 10.4. The molecular formula is C29H55NO4S. The SMILES string of the molecule is CCCCCC[N+](CCCCO)(CCCCCC)CCCCCC.Cc1ccc(S(=O)(=O)[O-])cc1. The van der Waals surface area contributed by atoms with Crippen molar-refractivity contribution in [3.05, 3.63) is 29.8 Å². The van der Waals surface area contributed by atoms with Crippen molar-refractivity contribution in [1.82, 2.24) is 0 Å². The lowest BCUT2D eigenvalue weighted by molar-refractivity contribution is -0.929. The quantitative estimate of drug-likeness (QED) is 0.113. The summed E-state index contributed by atoms with van der Waals surface area (Å²) in [6, 6.07) is 5.78. The fourth-order valence-electron chi connectivity index (χ4n) is 4.56. The van der Waals surface area contributed by atoms with Gasteiger partial charge in [0.2, 0.25) is 0 Å². The van der Waals surface area contributed by atoms with Gasteiger partial charge in [-0.3, -0.25) is 0 Å². The van der Waals surface area contributed by atoms with Gasteiger partial charge in [-0.1, -0.05) is 77.0 Å². The summed E-state index contributed by atoms with van der Waals surface area (Å²) >= 11 is 0. The van der Waals surface area contributed by atoms with Gasteiger partial charge in [0.25, 0.3) is 0 Å². The van der Waals surface area contributed by atoms with Crippen LogP contribution in [-0.2, 0) is 10.1 Å². The Labute approximate surface area is 217 Å². The number of aliphatic hydroxyl groups excluding tert-OH is 1. The first-order valence-electron chi connectivity index (χ1n) is 14.2. The normalized spacial score (nSPS) is 11.8. The molecule has 0 amide bonds. The third-order valence-electron chi connectivity index (χ3n) is 6.81. The summed E-state index contributed by atoms with van der Waals surface area (Å²) in [5.74, 6) is 0. The van der Waals surface area contributed by atoms with Gasteiger partial charge in [0.15, 0.2) is 0 Å². The molecule has 35 heavy (non-hydrogen) atoms. The summed E-state index contributed by atoms with van der Waals surface area (Å²) < 4.78 is 32.5. The number of hydrogen-bond donors (Lipinski definition) is 1. The molecule has 0 spiro atoms. The van der Waals surface area contributed by atoms with Crippen LogP contribution in [0.4, 0.5) is 0 Å². The van der Waals surface area contributed by atoms with Gasteiger partial charge in [-0.05, 0) is 70.4 Å². The van der Waals surface area contributed by atoms with Gasteiger partial charge >= 0.3 is 0 Å². The fraction of sp³-hybridized carbons (Fsp3) is 0.793. The molecule has 0 saturated heterocycles. The van der Waals surface area contributed by atoms with Crippen LogP contribution in [0.5, 0.6) is 0 Å².